The number of rotatable bonds is 6. The third-order valence-corrected chi connectivity index (χ3v) is 7.72. The van der Waals surface area contributed by atoms with E-state index < -0.39 is 0 Å². The first kappa shape index (κ1) is 13.8. The van der Waals surface area contributed by atoms with Crippen molar-refractivity contribution in [2.75, 3.05) is 17.3 Å². The topological polar surface area (TPSA) is 0 Å². The Bertz CT molecular complexity index is 341. The van der Waals surface area contributed by atoms with Crippen LogP contribution in [0, 0.1) is 0 Å². The molecule has 4 heteroatoms. The highest BCUT2D eigenvalue weighted by atomic mass is 33.1. The third-order valence-electron chi connectivity index (χ3n) is 2.37. The molecule has 0 aliphatic carbocycles. The summed E-state index contributed by atoms with van der Waals surface area (Å²) in [6, 6.07) is 9.14. The highest BCUT2D eigenvalue weighted by Gasteiger charge is 2.17. The third kappa shape index (κ3) is 4.51. The summed E-state index contributed by atoms with van der Waals surface area (Å²) in [5.41, 5.74) is 2.90. The highest BCUT2D eigenvalue weighted by Crippen LogP contribution is 2.45. The Morgan fingerprint density at radius 2 is 1.88 bits per heavy atom. The molecule has 0 spiro atoms. The molecule has 0 nitrogen and oxygen atoms in total. The molecule has 0 amide bonds. The minimum absolute atomic E-state index is 0.673. The first-order valence-electron chi connectivity index (χ1n) is 5.57. The van der Waals surface area contributed by atoms with Crippen molar-refractivity contribution in [2.24, 2.45) is 0 Å². The standard InChI is InChI=1S/C13H16S4/c1-2-7-16-17-10-11-3-5-12(6-4-11)13-14-8-9-15-13/h2-6,13H,1,7-10H2. The molecule has 1 aromatic rings. The molecule has 0 unspecified atom stereocenters. The number of hydrogen-bond acceptors (Lipinski definition) is 4. The lowest BCUT2D eigenvalue weighted by atomic mass is 10.2. The van der Waals surface area contributed by atoms with Crippen molar-refractivity contribution >= 4 is 45.1 Å². The van der Waals surface area contributed by atoms with Crippen LogP contribution in [0.3, 0.4) is 0 Å². The Morgan fingerprint density at radius 1 is 1.18 bits per heavy atom. The minimum atomic E-state index is 0.673. The Kier molecular flexibility index (Phi) is 6.26. The van der Waals surface area contributed by atoms with Crippen molar-refractivity contribution in [3.8, 4) is 0 Å². The molecule has 2 rings (SSSR count). The van der Waals surface area contributed by atoms with Gasteiger partial charge in [0.2, 0.25) is 0 Å². The van der Waals surface area contributed by atoms with Crippen LogP contribution in [0.2, 0.25) is 0 Å². The van der Waals surface area contributed by atoms with Crippen LogP contribution in [0.5, 0.6) is 0 Å². The second-order valence-corrected chi connectivity index (χ2v) is 8.88. The molecular weight excluding hydrogens is 284 g/mol. The Hall–Kier alpha value is 0.360. The van der Waals surface area contributed by atoms with Gasteiger partial charge in [0.15, 0.2) is 0 Å². The molecule has 17 heavy (non-hydrogen) atoms. The Labute approximate surface area is 120 Å². The van der Waals surface area contributed by atoms with Gasteiger partial charge in [0.25, 0.3) is 0 Å². The molecule has 0 aromatic heterocycles. The summed E-state index contributed by atoms with van der Waals surface area (Å²) in [5.74, 6) is 4.71. The molecule has 0 bridgehead atoms. The molecular formula is C13H16S4. The van der Waals surface area contributed by atoms with E-state index in [0.717, 1.165) is 11.5 Å². The second kappa shape index (κ2) is 7.72. The monoisotopic (exact) mass is 300 g/mol. The largest absolute Gasteiger partial charge is 0.142 e. The lowest BCUT2D eigenvalue weighted by Gasteiger charge is -2.08. The maximum Gasteiger partial charge on any atom is 0.0751 e. The maximum atomic E-state index is 3.72. The highest BCUT2D eigenvalue weighted by molar-refractivity contribution is 8.76. The lowest BCUT2D eigenvalue weighted by Crippen LogP contribution is -1.86. The van der Waals surface area contributed by atoms with Gasteiger partial charge >= 0.3 is 0 Å². The van der Waals surface area contributed by atoms with Gasteiger partial charge in [0.05, 0.1) is 4.58 Å². The van der Waals surface area contributed by atoms with Crippen LogP contribution >= 0.6 is 45.1 Å². The summed E-state index contributed by atoms with van der Waals surface area (Å²) in [6.07, 6.45) is 1.95. The van der Waals surface area contributed by atoms with Gasteiger partial charge in [-0.15, -0.1) is 30.1 Å². The van der Waals surface area contributed by atoms with E-state index in [1.165, 1.54) is 22.6 Å². The van der Waals surface area contributed by atoms with E-state index >= 15 is 0 Å². The maximum absolute atomic E-state index is 3.72. The van der Waals surface area contributed by atoms with Crippen molar-refractivity contribution in [3.05, 3.63) is 48.0 Å². The van der Waals surface area contributed by atoms with E-state index in [1.807, 2.05) is 27.7 Å². The van der Waals surface area contributed by atoms with E-state index in [-0.39, 0.29) is 0 Å². The summed E-state index contributed by atoms with van der Waals surface area (Å²) < 4.78 is 0.673. The lowest BCUT2D eigenvalue weighted by molar-refractivity contribution is 1.34. The van der Waals surface area contributed by atoms with Gasteiger partial charge in [-0.1, -0.05) is 51.9 Å². The predicted octanol–water partition coefficient (Wildman–Crippen LogP) is 5.23. The molecule has 0 N–H and O–H groups in total. The molecule has 1 aliphatic rings. The smallest absolute Gasteiger partial charge is 0.0751 e. The summed E-state index contributed by atoms with van der Waals surface area (Å²) in [4.78, 5) is 0. The van der Waals surface area contributed by atoms with Crippen molar-refractivity contribution in [1.82, 2.24) is 0 Å². The van der Waals surface area contributed by atoms with Crippen LogP contribution < -0.4 is 0 Å². The van der Waals surface area contributed by atoms with Gasteiger partial charge < -0.3 is 0 Å². The van der Waals surface area contributed by atoms with Crippen molar-refractivity contribution in [2.45, 2.75) is 10.3 Å². The zero-order chi connectivity index (χ0) is 11.9. The van der Waals surface area contributed by atoms with Crippen molar-refractivity contribution in [3.63, 3.8) is 0 Å². The normalized spacial score (nSPS) is 16.2. The summed E-state index contributed by atoms with van der Waals surface area (Å²) in [7, 11) is 3.77. The quantitative estimate of drug-likeness (QED) is 0.400. The van der Waals surface area contributed by atoms with Crippen LogP contribution in [0.4, 0.5) is 0 Å². The van der Waals surface area contributed by atoms with Crippen LogP contribution in [0.25, 0.3) is 0 Å². The molecule has 0 radical (unpaired) electrons. The van der Waals surface area contributed by atoms with E-state index in [0.29, 0.717) is 4.58 Å². The molecule has 1 heterocycles. The first-order chi connectivity index (χ1) is 8.40. The number of thioether (sulfide) groups is 2. The first-order valence-corrected chi connectivity index (χ1v) is 10.2. The van der Waals surface area contributed by atoms with Crippen LogP contribution in [-0.2, 0) is 5.75 Å². The van der Waals surface area contributed by atoms with Crippen LogP contribution in [0.15, 0.2) is 36.9 Å². The Morgan fingerprint density at radius 3 is 2.53 bits per heavy atom. The summed E-state index contributed by atoms with van der Waals surface area (Å²) in [6.45, 7) is 3.72. The van der Waals surface area contributed by atoms with Gasteiger partial charge in [-0.3, -0.25) is 0 Å². The van der Waals surface area contributed by atoms with Crippen LogP contribution in [0.1, 0.15) is 15.7 Å². The second-order valence-electron chi connectivity index (χ2n) is 3.65. The van der Waals surface area contributed by atoms with Gasteiger partial charge in [-0.05, 0) is 11.1 Å². The predicted molar refractivity (Wildman–Crippen MR) is 88.0 cm³/mol. The van der Waals surface area contributed by atoms with E-state index in [2.05, 4.69) is 54.4 Å². The molecule has 0 atom stereocenters. The van der Waals surface area contributed by atoms with E-state index in [9.17, 15) is 0 Å². The van der Waals surface area contributed by atoms with Gasteiger partial charge in [0.1, 0.15) is 0 Å². The minimum Gasteiger partial charge on any atom is -0.142 e. The van der Waals surface area contributed by atoms with E-state index in [4.69, 9.17) is 0 Å². The number of benzene rings is 1. The molecule has 0 saturated carbocycles. The zero-order valence-electron chi connectivity index (χ0n) is 9.63. The molecule has 1 aliphatic heterocycles. The van der Waals surface area contributed by atoms with Crippen molar-refractivity contribution < 1.29 is 0 Å². The summed E-state index contributed by atoms with van der Waals surface area (Å²) >= 11 is 4.14. The van der Waals surface area contributed by atoms with Gasteiger partial charge in [-0.25, -0.2) is 0 Å². The molecule has 1 fully saturated rings. The fraction of sp³-hybridized carbons (Fsp3) is 0.385. The van der Waals surface area contributed by atoms with E-state index in [1.54, 1.807) is 0 Å². The molecule has 92 valence electrons. The molecule has 1 saturated heterocycles. The average Bonchev–Trinajstić information content (AvgIpc) is 2.89. The average molecular weight is 301 g/mol. The van der Waals surface area contributed by atoms with Gasteiger partial charge in [-0.2, -0.15) is 0 Å². The number of hydrogen-bond donors (Lipinski definition) is 0. The fourth-order valence-electron chi connectivity index (χ4n) is 1.53. The Balaban J connectivity index is 1.82. The van der Waals surface area contributed by atoms with Crippen LogP contribution in [-0.4, -0.2) is 17.3 Å². The summed E-state index contributed by atoms with van der Waals surface area (Å²) in [5, 5.41) is 0. The molecule has 1 aromatic carbocycles. The SMILES string of the molecule is C=CCSSCc1ccc(C2SCCS2)cc1. The fourth-order valence-corrected chi connectivity index (χ4v) is 6.23. The zero-order valence-corrected chi connectivity index (χ0v) is 12.9. The van der Waals surface area contributed by atoms with Crippen molar-refractivity contribution in [1.29, 1.82) is 0 Å². The van der Waals surface area contributed by atoms with Gasteiger partial charge in [0, 0.05) is 23.0 Å².